The molecule has 1 amide bonds. The number of hydrogen-bond donors (Lipinski definition) is 2. The van der Waals surface area contributed by atoms with E-state index in [-0.39, 0.29) is 29.7 Å². The first-order valence-electron chi connectivity index (χ1n) is 7.18. The van der Waals surface area contributed by atoms with Crippen LogP contribution in [0.25, 0.3) is 0 Å². The SMILES string of the molecule is CC[C@H](NC(=O)Cn1c(C)ccc(N)c1=O)c1cccnc1. The van der Waals surface area contributed by atoms with Crippen LogP contribution in [0.2, 0.25) is 0 Å². The predicted molar refractivity (Wildman–Crippen MR) is 85.3 cm³/mol. The van der Waals surface area contributed by atoms with Crippen LogP contribution in [0, 0.1) is 6.92 Å². The Hall–Kier alpha value is -2.63. The van der Waals surface area contributed by atoms with Gasteiger partial charge in [-0.3, -0.25) is 14.6 Å². The van der Waals surface area contributed by atoms with E-state index >= 15 is 0 Å². The number of aromatic nitrogens is 2. The first kappa shape index (κ1) is 15.8. The van der Waals surface area contributed by atoms with Crippen molar-refractivity contribution < 1.29 is 4.79 Å². The van der Waals surface area contributed by atoms with Crippen molar-refractivity contribution in [3.8, 4) is 0 Å². The first-order chi connectivity index (χ1) is 10.5. The van der Waals surface area contributed by atoms with Crippen molar-refractivity contribution >= 4 is 11.6 Å². The molecule has 2 rings (SSSR count). The fourth-order valence-corrected chi connectivity index (χ4v) is 2.27. The standard InChI is InChI=1S/C16H20N4O2/c1-3-14(12-5-4-8-18-9-12)19-15(21)10-20-11(2)6-7-13(17)16(20)22/h4-9,14H,3,10,17H2,1-2H3,(H,19,21)/t14-/m0/s1. The average molecular weight is 300 g/mol. The molecule has 1 atom stereocenters. The average Bonchev–Trinajstić information content (AvgIpc) is 2.54. The summed E-state index contributed by atoms with van der Waals surface area (Å²) < 4.78 is 1.38. The second kappa shape index (κ2) is 6.89. The first-order valence-corrected chi connectivity index (χ1v) is 7.18. The summed E-state index contributed by atoms with van der Waals surface area (Å²) in [6.07, 6.45) is 4.16. The van der Waals surface area contributed by atoms with Gasteiger partial charge in [0.15, 0.2) is 0 Å². The smallest absolute Gasteiger partial charge is 0.274 e. The molecule has 6 nitrogen and oxygen atoms in total. The molecule has 0 fully saturated rings. The van der Waals surface area contributed by atoms with Gasteiger partial charge in [0.05, 0.1) is 11.7 Å². The molecule has 6 heteroatoms. The normalized spacial score (nSPS) is 11.9. The lowest BCUT2D eigenvalue weighted by atomic mass is 10.1. The minimum atomic E-state index is -0.343. The number of carbonyl (C=O) groups is 1. The van der Waals surface area contributed by atoms with Gasteiger partial charge in [0.25, 0.3) is 5.56 Å². The molecule has 0 bridgehead atoms. The van der Waals surface area contributed by atoms with Crippen molar-refractivity contribution in [1.82, 2.24) is 14.9 Å². The molecule has 0 radical (unpaired) electrons. The van der Waals surface area contributed by atoms with Crippen molar-refractivity contribution in [3.63, 3.8) is 0 Å². The summed E-state index contributed by atoms with van der Waals surface area (Å²) in [7, 11) is 0. The summed E-state index contributed by atoms with van der Waals surface area (Å²) in [6, 6.07) is 6.90. The van der Waals surface area contributed by atoms with Crippen molar-refractivity contribution in [1.29, 1.82) is 0 Å². The molecule has 0 aliphatic carbocycles. The molecular formula is C16H20N4O2. The largest absolute Gasteiger partial charge is 0.394 e. The van der Waals surface area contributed by atoms with Crippen LogP contribution < -0.4 is 16.6 Å². The number of rotatable bonds is 5. The van der Waals surface area contributed by atoms with Gasteiger partial charge in [-0.25, -0.2) is 0 Å². The fourth-order valence-electron chi connectivity index (χ4n) is 2.27. The molecule has 0 saturated carbocycles. The summed E-state index contributed by atoms with van der Waals surface area (Å²) in [5.74, 6) is -0.230. The third-order valence-electron chi connectivity index (χ3n) is 3.55. The topological polar surface area (TPSA) is 90.0 Å². The Morgan fingerprint density at radius 3 is 2.82 bits per heavy atom. The third kappa shape index (κ3) is 3.52. The second-order valence-electron chi connectivity index (χ2n) is 5.14. The zero-order chi connectivity index (χ0) is 16.1. The van der Waals surface area contributed by atoms with Gasteiger partial charge in [0, 0.05) is 18.1 Å². The van der Waals surface area contributed by atoms with Gasteiger partial charge in [-0.1, -0.05) is 13.0 Å². The lowest BCUT2D eigenvalue weighted by molar-refractivity contribution is -0.122. The van der Waals surface area contributed by atoms with E-state index in [0.29, 0.717) is 5.69 Å². The van der Waals surface area contributed by atoms with Crippen LogP contribution >= 0.6 is 0 Å². The Labute approximate surface area is 129 Å². The number of nitrogens with zero attached hydrogens (tertiary/aromatic N) is 2. The quantitative estimate of drug-likeness (QED) is 0.873. The van der Waals surface area contributed by atoms with Gasteiger partial charge in [-0.15, -0.1) is 0 Å². The minimum absolute atomic E-state index is 0.0491. The molecule has 2 aromatic rings. The van der Waals surface area contributed by atoms with Crippen molar-refractivity contribution in [2.45, 2.75) is 32.9 Å². The highest BCUT2D eigenvalue weighted by molar-refractivity contribution is 5.76. The van der Waals surface area contributed by atoms with Gasteiger partial charge in [0.1, 0.15) is 6.54 Å². The number of nitrogens with one attached hydrogen (secondary N) is 1. The molecule has 22 heavy (non-hydrogen) atoms. The molecule has 0 aliphatic heterocycles. The maximum absolute atomic E-state index is 12.2. The van der Waals surface area contributed by atoms with E-state index in [1.165, 1.54) is 4.57 Å². The van der Waals surface area contributed by atoms with Crippen LogP contribution in [0.3, 0.4) is 0 Å². The lowest BCUT2D eigenvalue weighted by Crippen LogP contribution is -2.35. The van der Waals surface area contributed by atoms with Crippen LogP contribution in [-0.4, -0.2) is 15.5 Å². The highest BCUT2D eigenvalue weighted by Gasteiger charge is 2.14. The van der Waals surface area contributed by atoms with E-state index in [0.717, 1.165) is 12.0 Å². The lowest BCUT2D eigenvalue weighted by Gasteiger charge is -2.18. The predicted octanol–water partition coefficient (Wildman–Crippen LogP) is 1.40. The summed E-state index contributed by atoms with van der Waals surface area (Å²) in [5, 5.41) is 2.93. The Morgan fingerprint density at radius 1 is 1.41 bits per heavy atom. The Balaban J connectivity index is 2.13. The number of nitrogens with two attached hydrogens (primary N) is 1. The van der Waals surface area contributed by atoms with Gasteiger partial charge in [0.2, 0.25) is 5.91 Å². The van der Waals surface area contributed by atoms with Crippen molar-refractivity contribution in [2.75, 3.05) is 5.73 Å². The summed E-state index contributed by atoms with van der Waals surface area (Å²) in [4.78, 5) is 28.3. The molecule has 0 spiro atoms. The highest BCUT2D eigenvalue weighted by atomic mass is 16.2. The molecule has 116 valence electrons. The number of nitrogen functional groups attached to an aromatic ring is 1. The Morgan fingerprint density at radius 2 is 2.18 bits per heavy atom. The van der Waals surface area contributed by atoms with E-state index in [1.807, 2.05) is 19.1 Å². The van der Waals surface area contributed by atoms with Crippen LogP contribution in [0.5, 0.6) is 0 Å². The van der Waals surface area contributed by atoms with Gasteiger partial charge in [-0.2, -0.15) is 0 Å². The van der Waals surface area contributed by atoms with Crippen molar-refractivity contribution in [2.24, 2.45) is 0 Å². The molecule has 2 heterocycles. The number of carbonyl (C=O) groups excluding carboxylic acids is 1. The highest BCUT2D eigenvalue weighted by Crippen LogP contribution is 2.14. The molecule has 0 unspecified atom stereocenters. The van der Waals surface area contributed by atoms with Gasteiger partial charge >= 0.3 is 0 Å². The Kier molecular flexibility index (Phi) is 4.93. The summed E-state index contributed by atoms with van der Waals surface area (Å²) in [6.45, 7) is 3.70. The zero-order valence-electron chi connectivity index (χ0n) is 12.7. The monoisotopic (exact) mass is 300 g/mol. The van der Waals surface area contributed by atoms with Gasteiger partial charge < -0.3 is 15.6 Å². The van der Waals surface area contributed by atoms with Crippen LogP contribution in [-0.2, 0) is 11.3 Å². The van der Waals surface area contributed by atoms with E-state index in [1.54, 1.807) is 31.5 Å². The number of pyridine rings is 2. The minimum Gasteiger partial charge on any atom is -0.394 e. The number of anilines is 1. The van der Waals surface area contributed by atoms with Crippen LogP contribution in [0.15, 0.2) is 41.5 Å². The molecule has 0 saturated heterocycles. The van der Waals surface area contributed by atoms with E-state index < -0.39 is 0 Å². The van der Waals surface area contributed by atoms with E-state index in [4.69, 9.17) is 5.73 Å². The number of amides is 1. The number of aryl methyl sites for hydroxylation is 1. The second-order valence-corrected chi connectivity index (χ2v) is 5.14. The third-order valence-corrected chi connectivity index (χ3v) is 3.55. The van der Waals surface area contributed by atoms with Crippen molar-refractivity contribution in [3.05, 3.63) is 58.3 Å². The summed E-state index contributed by atoms with van der Waals surface area (Å²) >= 11 is 0. The molecular weight excluding hydrogens is 280 g/mol. The van der Waals surface area contributed by atoms with Crippen LogP contribution in [0.4, 0.5) is 5.69 Å². The Bertz CT molecular complexity index is 710. The van der Waals surface area contributed by atoms with E-state index in [9.17, 15) is 9.59 Å². The maximum atomic E-state index is 12.2. The molecule has 2 aromatic heterocycles. The molecule has 0 aromatic carbocycles. The fraction of sp³-hybridized carbons (Fsp3) is 0.312. The molecule has 3 N–H and O–H groups in total. The summed E-state index contributed by atoms with van der Waals surface area (Å²) in [5.41, 5.74) is 7.04. The zero-order valence-corrected chi connectivity index (χ0v) is 12.7. The van der Waals surface area contributed by atoms with Crippen LogP contribution in [0.1, 0.15) is 30.6 Å². The maximum Gasteiger partial charge on any atom is 0.274 e. The number of hydrogen-bond acceptors (Lipinski definition) is 4. The molecule has 0 aliphatic rings. The van der Waals surface area contributed by atoms with E-state index in [2.05, 4.69) is 10.3 Å². The van der Waals surface area contributed by atoms with Gasteiger partial charge in [-0.05, 0) is 37.1 Å².